The molecule has 1 atom stereocenters. The summed E-state index contributed by atoms with van der Waals surface area (Å²) >= 11 is 0. The Kier molecular flexibility index (Phi) is 4.67. The van der Waals surface area contributed by atoms with Gasteiger partial charge in [-0.25, -0.2) is 4.39 Å². The van der Waals surface area contributed by atoms with Gasteiger partial charge in [0.2, 0.25) is 0 Å². The van der Waals surface area contributed by atoms with Crippen LogP contribution in [-0.4, -0.2) is 34.6 Å². The van der Waals surface area contributed by atoms with Crippen molar-refractivity contribution < 1.29 is 14.3 Å². The van der Waals surface area contributed by atoms with Crippen LogP contribution in [0.1, 0.15) is 37.8 Å². The highest BCUT2D eigenvalue weighted by Gasteiger charge is 2.40. The molecule has 0 saturated carbocycles. The minimum atomic E-state index is -0.926. The molecule has 1 unspecified atom stereocenters. The zero-order valence-electron chi connectivity index (χ0n) is 13.0. The summed E-state index contributed by atoms with van der Waals surface area (Å²) in [5.41, 5.74) is 0.509. The van der Waals surface area contributed by atoms with E-state index in [9.17, 15) is 14.3 Å². The van der Waals surface area contributed by atoms with Gasteiger partial charge < -0.3 is 5.11 Å². The van der Waals surface area contributed by atoms with Gasteiger partial charge in [0.15, 0.2) is 0 Å². The van der Waals surface area contributed by atoms with Crippen LogP contribution in [0.25, 0.3) is 0 Å². The average Bonchev–Trinajstić information content (AvgIpc) is 2.43. The Morgan fingerprint density at radius 1 is 1.43 bits per heavy atom. The van der Waals surface area contributed by atoms with Crippen molar-refractivity contribution in [2.75, 3.05) is 13.1 Å². The minimum absolute atomic E-state index is 0.248. The van der Waals surface area contributed by atoms with Gasteiger partial charge in [0.1, 0.15) is 11.4 Å². The van der Waals surface area contributed by atoms with Crippen molar-refractivity contribution in [3.05, 3.63) is 35.1 Å². The number of carboxylic acids is 1. The van der Waals surface area contributed by atoms with Crippen LogP contribution in [0.2, 0.25) is 0 Å². The number of benzene rings is 1. The molecule has 116 valence electrons. The standard InChI is InChI=1S/C17H24FNO2/c1-12-6-8-19(9-7-12)17(3,16(20)21)11-14-4-5-15(18)13(2)10-14/h4-5,10,12H,6-9,11H2,1-3H3,(H,20,21). The maximum atomic E-state index is 13.4. The SMILES string of the molecule is Cc1cc(CC(C)(C(=O)O)N2CCC(C)CC2)ccc1F. The number of aryl methyl sites for hydroxylation is 1. The largest absolute Gasteiger partial charge is 0.480 e. The lowest BCUT2D eigenvalue weighted by atomic mass is 9.87. The average molecular weight is 293 g/mol. The molecule has 1 heterocycles. The summed E-state index contributed by atoms with van der Waals surface area (Å²) in [6, 6.07) is 4.87. The van der Waals surface area contributed by atoms with Crippen molar-refractivity contribution in [1.29, 1.82) is 0 Å². The van der Waals surface area contributed by atoms with Crippen molar-refractivity contribution in [3.8, 4) is 0 Å². The highest BCUT2D eigenvalue weighted by molar-refractivity contribution is 5.78. The summed E-state index contributed by atoms with van der Waals surface area (Å²) in [7, 11) is 0. The molecule has 1 saturated heterocycles. The highest BCUT2D eigenvalue weighted by atomic mass is 19.1. The van der Waals surface area contributed by atoms with Gasteiger partial charge in [-0.3, -0.25) is 9.69 Å². The predicted octanol–water partition coefficient (Wildman–Crippen LogP) is 3.25. The predicted molar refractivity (Wildman–Crippen MR) is 80.9 cm³/mol. The van der Waals surface area contributed by atoms with E-state index >= 15 is 0 Å². The zero-order valence-corrected chi connectivity index (χ0v) is 13.0. The van der Waals surface area contributed by atoms with Gasteiger partial charge in [-0.05, 0) is 62.9 Å². The molecular formula is C17H24FNO2. The number of hydrogen-bond donors (Lipinski definition) is 1. The number of halogens is 1. The Hall–Kier alpha value is -1.42. The molecule has 21 heavy (non-hydrogen) atoms. The van der Waals surface area contributed by atoms with Gasteiger partial charge in [-0.1, -0.05) is 19.1 Å². The molecule has 0 aliphatic carbocycles. The lowest BCUT2D eigenvalue weighted by Crippen LogP contribution is -2.56. The van der Waals surface area contributed by atoms with Gasteiger partial charge in [-0.2, -0.15) is 0 Å². The smallest absolute Gasteiger partial charge is 0.324 e. The van der Waals surface area contributed by atoms with E-state index in [1.807, 2.05) is 0 Å². The van der Waals surface area contributed by atoms with Crippen molar-refractivity contribution in [2.45, 2.75) is 45.6 Å². The Labute approximate surface area is 125 Å². The summed E-state index contributed by atoms with van der Waals surface area (Å²) in [5.74, 6) is -0.394. The second kappa shape index (κ2) is 6.14. The fourth-order valence-electron chi connectivity index (χ4n) is 3.04. The molecule has 1 aliphatic heterocycles. The fourth-order valence-corrected chi connectivity index (χ4v) is 3.04. The van der Waals surface area contributed by atoms with Crippen LogP contribution in [0.5, 0.6) is 0 Å². The van der Waals surface area contributed by atoms with Crippen LogP contribution < -0.4 is 0 Å². The molecule has 0 amide bonds. The van der Waals surface area contributed by atoms with E-state index in [1.54, 1.807) is 26.0 Å². The molecule has 0 aromatic heterocycles. The molecule has 4 heteroatoms. The second-order valence-corrected chi connectivity index (χ2v) is 6.51. The van der Waals surface area contributed by atoms with E-state index in [4.69, 9.17) is 0 Å². The third kappa shape index (κ3) is 3.43. The molecule has 1 aromatic carbocycles. The van der Waals surface area contributed by atoms with Crippen LogP contribution >= 0.6 is 0 Å². The lowest BCUT2D eigenvalue weighted by molar-refractivity contribution is -0.151. The molecular weight excluding hydrogens is 269 g/mol. The molecule has 2 rings (SSSR count). The Balaban J connectivity index is 2.21. The first kappa shape index (κ1) is 16.0. The van der Waals surface area contributed by atoms with Crippen LogP contribution in [-0.2, 0) is 11.2 Å². The molecule has 0 bridgehead atoms. The monoisotopic (exact) mass is 293 g/mol. The maximum Gasteiger partial charge on any atom is 0.324 e. The minimum Gasteiger partial charge on any atom is -0.480 e. The van der Waals surface area contributed by atoms with Crippen molar-refractivity contribution in [3.63, 3.8) is 0 Å². The van der Waals surface area contributed by atoms with E-state index in [0.29, 0.717) is 17.9 Å². The number of carbonyl (C=O) groups is 1. The number of piperidine rings is 1. The highest BCUT2D eigenvalue weighted by Crippen LogP contribution is 2.28. The Morgan fingerprint density at radius 2 is 2.05 bits per heavy atom. The second-order valence-electron chi connectivity index (χ2n) is 6.51. The van der Waals surface area contributed by atoms with E-state index < -0.39 is 11.5 Å². The molecule has 1 fully saturated rings. The number of likely N-dealkylation sites (tertiary alicyclic amines) is 1. The third-order valence-electron chi connectivity index (χ3n) is 4.71. The van der Waals surface area contributed by atoms with Crippen LogP contribution in [0.15, 0.2) is 18.2 Å². The molecule has 1 aromatic rings. The molecule has 0 radical (unpaired) electrons. The Bertz CT molecular complexity index is 524. The van der Waals surface area contributed by atoms with Crippen molar-refractivity contribution in [1.82, 2.24) is 4.90 Å². The van der Waals surface area contributed by atoms with Crippen molar-refractivity contribution in [2.24, 2.45) is 5.92 Å². The van der Waals surface area contributed by atoms with Crippen LogP contribution in [0.4, 0.5) is 4.39 Å². The molecule has 1 aliphatic rings. The van der Waals surface area contributed by atoms with E-state index in [0.717, 1.165) is 31.5 Å². The molecule has 1 N–H and O–H groups in total. The normalized spacial score (nSPS) is 20.2. The molecule has 0 spiro atoms. The summed E-state index contributed by atoms with van der Waals surface area (Å²) in [6.07, 6.45) is 2.47. The van der Waals surface area contributed by atoms with Gasteiger partial charge in [-0.15, -0.1) is 0 Å². The topological polar surface area (TPSA) is 40.5 Å². The van der Waals surface area contributed by atoms with E-state index in [1.165, 1.54) is 6.07 Å². The number of aliphatic carboxylic acids is 1. The summed E-state index contributed by atoms with van der Waals surface area (Å²) < 4.78 is 13.4. The first-order chi connectivity index (χ1) is 9.83. The number of carboxylic acid groups (broad SMARTS) is 1. The van der Waals surface area contributed by atoms with Gasteiger partial charge in [0.05, 0.1) is 0 Å². The van der Waals surface area contributed by atoms with Crippen LogP contribution in [0.3, 0.4) is 0 Å². The first-order valence-electron chi connectivity index (χ1n) is 7.56. The van der Waals surface area contributed by atoms with E-state index in [-0.39, 0.29) is 5.82 Å². The maximum absolute atomic E-state index is 13.4. The van der Waals surface area contributed by atoms with Crippen LogP contribution in [0, 0.1) is 18.7 Å². The number of rotatable bonds is 4. The summed E-state index contributed by atoms with van der Waals surface area (Å²) in [6.45, 7) is 7.32. The van der Waals surface area contributed by atoms with Gasteiger partial charge in [0.25, 0.3) is 0 Å². The zero-order chi connectivity index (χ0) is 15.6. The Morgan fingerprint density at radius 3 is 2.57 bits per heavy atom. The van der Waals surface area contributed by atoms with E-state index in [2.05, 4.69) is 11.8 Å². The fraction of sp³-hybridized carbons (Fsp3) is 0.588. The lowest BCUT2D eigenvalue weighted by Gasteiger charge is -2.42. The quantitative estimate of drug-likeness (QED) is 0.926. The third-order valence-corrected chi connectivity index (χ3v) is 4.71. The summed E-state index contributed by atoms with van der Waals surface area (Å²) in [4.78, 5) is 13.9. The number of nitrogens with zero attached hydrogens (tertiary/aromatic N) is 1. The van der Waals surface area contributed by atoms with Crippen molar-refractivity contribution >= 4 is 5.97 Å². The van der Waals surface area contributed by atoms with Gasteiger partial charge in [0, 0.05) is 6.42 Å². The van der Waals surface area contributed by atoms with Gasteiger partial charge >= 0.3 is 5.97 Å². The molecule has 3 nitrogen and oxygen atoms in total. The number of hydrogen-bond acceptors (Lipinski definition) is 2. The first-order valence-corrected chi connectivity index (χ1v) is 7.56. The summed E-state index contributed by atoms with van der Waals surface area (Å²) in [5, 5.41) is 9.72.